The van der Waals surface area contributed by atoms with Gasteiger partial charge in [0.2, 0.25) is 0 Å². The molecule has 3 heteroatoms. The highest BCUT2D eigenvalue weighted by molar-refractivity contribution is 5.66. The SMILES string of the molecule is CCCCCC/C=C/C=C/C/C=C/C/C=C(\O)CCCC(=O)O. The fourth-order valence-corrected chi connectivity index (χ4v) is 2.02. The van der Waals surface area contributed by atoms with Crippen LogP contribution in [0.2, 0.25) is 0 Å². The predicted molar refractivity (Wildman–Crippen MR) is 97.6 cm³/mol. The molecule has 0 bridgehead atoms. The van der Waals surface area contributed by atoms with Gasteiger partial charge in [0, 0.05) is 12.8 Å². The highest BCUT2D eigenvalue weighted by Gasteiger charge is 1.98. The van der Waals surface area contributed by atoms with Crippen molar-refractivity contribution in [3.8, 4) is 0 Å². The largest absolute Gasteiger partial charge is 0.513 e. The average molecular weight is 320 g/mol. The van der Waals surface area contributed by atoms with E-state index in [-0.39, 0.29) is 12.2 Å². The molecule has 0 unspecified atom stereocenters. The Morgan fingerprint density at radius 3 is 2.30 bits per heavy atom. The van der Waals surface area contributed by atoms with E-state index in [0.717, 1.165) is 12.8 Å². The molecule has 0 aliphatic heterocycles. The van der Waals surface area contributed by atoms with E-state index in [0.29, 0.717) is 19.3 Å². The van der Waals surface area contributed by atoms with Gasteiger partial charge < -0.3 is 10.2 Å². The normalized spacial score (nSPS) is 12.8. The van der Waals surface area contributed by atoms with Crippen molar-refractivity contribution in [2.45, 2.75) is 71.1 Å². The Balaban J connectivity index is 3.60. The van der Waals surface area contributed by atoms with E-state index in [1.807, 2.05) is 6.08 Å². The molecule has 0 heterocycles. The molecule has 0 atom stereocenters. The van der Waals surface area contributed by atoms with Crippen LogP contribution in [0.1, 0.15) is 71.1 Å². The van der Waals surface area contributed by atoms with Gasteiger partial charge in [-0.05, 0) is 38.2 Å². The van der Waals surface area contributed by atoms with E-state index in [4.69, 9.17) is 5.11 Å². The summed E-state index contributed by atoms with van der Waals surface area (Å²) in [6.07, 6.45) is 23.3. The van der Waals surface area contributed by atoms with Crippen molar-refractivity contribution in [1.29, 1.82) is 0 Å². The van der Waals surface area contributed by atoms with Gasteiger partial charge in [-0.3, -0.25) is 4.79 Å². The Bertz CT molecular complexity index is 403. The van der Waals surface area contributed by atoms with Gasteiger partial charge in [0.15, 0.2) is 0 Å². The third-order valence-electron chi connectivity index (χ3n) is 3.36. The first-order chi connectivity index (χ1) is 11.2. The monoisotopic (exact) mass is 320 g/mol. The third-order valence-corrected chi connectivity index (χ3v) is 3.36. The van der Waals surface area contributed by atoms with E-state index >= 15 is 0 Å². The maximum atomic E-state index is 10.3. The molecule has 0 amide bonds. The minimum absolute atomic E-state index is 0.102. The maximum absolute atomic E-state index is 10.3. The van der Waals surface area contributed by atoms with Crippen molar-refractivity contribution in [2.75, 3.05) is 0 Å². The van der Waals surface area contributed by atoms with E-state index in [9.17, 15) is 9.90 Å². The van der Waals surface area contributed by atoms with Crippen LogP contribution in [0.4, 0.5) is 0 Å². The number of allylic oxidation sites excluding steroid dienone is 8. The first kappa shape index (κ1) is 21.2. The summed E-state index contributed by atoms with van der Waals surface area (Å²) in [5.41, 5.74) is 0. The molecule has 0 saturated heterocycles. The van der Waals surface area contributed by atoms with Crippen LogP contribution in [0, 0.1) is 0 Å². The molecule has 0 aromatic carbocycles. The summed E-state index contributed by atoms with van der Waals surface area (Å²) in [5.74, 6) is -0.544. The molecule has 0 aromatic heterocycles. The fraction of sp³-hybridized carbons (Fsp3) is 0.550. The molecule has 130 valence electrons. The van der Waals surface area contributed by atoms with Gasteiger partial charge in [0.25, 0.3) is 0 Å². The Morgan fingerprint density at radius 2 is 1.57 bits per heavy atom. The minimum Gasteiger partial charge on any atom is -0.513 e. The van der Waals surface area contributed by atoms with Gasteiger partial charge in [-0.2, -0.15) is 0 Å². The van der Waals surface area contributed by atoms with Crippen LogP contribution in [0.5, 0.6) is 0 Å². The van der Waals surface area contributed by atoms with Crippen molar-refractivity contribution >= 4 is 5.97 Å². The van der Waals surface area contributed by atoms with Gasteiger partial charge in [-0.1, -0.05) is 62.6 Å². The number of rotatable bonds is 14. The summed E-state index contributed by atoms with van der Waals surface area (Å²) in [6.45, 7) is 2.22. The zero-order chi connectivity index (χ0) is 17.2. The number of hydrogen-bond acceptors (Lipinski definition) is 2. The molecule has 0 rings (SSSR count). The number of carbonyl (C=O) groups is 1. The molecule has 3 nitrogen and oxygen atoms in total. The Morgan fingerprint density at radius 1 is 0.826 bits per heavy atom. The Kier molecular flexibility index (Phi) is 15.3. The minimum atomic E-state index is -0.820. The molecule has 2 N–H and O–H groups in total. The maximum Gasteiger partial charge on any atom is 0.303 e. The topological polar surface area (TPSA) is 57.5 Å². The van der Waals surface area contributed by atoms with Crippen LogP contribution < -0.4 is 0 Å². The highest BCUT2D eigenvalue weighted by Crippen LogP contribution is 2.06. The lowest BCUT2D eigenvalue weighted by Gasteiger charge is -1.97. The van der Waals surface area contributed by atoms with Gasteiger partial charge in [-0.15, -0.1) is 0 Å². The number of unbranched alkanes of at least 4 members (excludes halogenated alkanes) is 4. The average Bonchev–Trinajstić information content (AvgIpc) is 2.51. The Labute approximate surface area is 141 Å². The van der Waals surface area contributed by atoms with E-state index < -0.39 is 5.97 Å². The highest BCUT2D eigenvalue weighted by atomic mass is 16.4. The molecule has 0 aliphatic rings. The molecular formula is C20H32O3. The van der Waals surface area contributed by atoms with E-state index in [2.05, 4.69) is 37.3 Å². The van der Waals surface area contributed by atoms with Crippen molar-refractivity contribution < 1.29 is 15.0 Å². The lowest BCUT2D eigenvalue weighted by atomic mass is 10.1. The second kappa shape index (κ2) is 16.6. The molecule has 0 radical (unpaired) electrons. The quantitative estimate of drug-likeness (QED) is 0.176. The molecule has 0 spiro atoms. The van der Waals surface area contributed by atoms with Crippen molar-refractivity contribution in [2.24, 2.45) is 0 Å². The van der Waals surface area contributed by atoms with Crippen molar-refractivity contribution in [3.05, 3.63) is 48.3 Å². The number of carboxylic acid groups (broad SMARTS) is 1. The number of aliphatic hydroxyl groups is 1. The van der Waals surface area contributed by atoms with Gasteiger partial charge in [-0.25, -0.2) is 0 Å². The number of hydrogen-bond donors (Lipinski definition) is 2. The lowest BCUT2D eigenvalue weighted by Crippen LogP contribution is -1.94. The molecule has 0 fully saturated rings. The first-order valence-corrected chi connectivity index (χ1v) is 8.73. The van der Waals surface area contributed by atoms with Crippen LogP contribution in [0.15, 0.2) is 48.3 Å². The zero-order valence-corrected chi connectivity index (χ0v) is 14.4. The summed E-state index contributed by atoms with van der Waals surface area (Å²) in [5, 5.41) is 18.1. The van der Waals surface area contributed by atoms with Crippen LogP contribution in [-0.4, -0.2) is 16.2 Å². The van der Waals surface area contributed by atoms with Gasteiger partial charge >= 0.3 is 5.97 Å². The summed E-state index contributed by atoms with van der Waals surface area (Å²) >= 11 is 0. The third kappa shape index (κ3) is 18.2. The summed E-state index contributed by atoms with van der Waals surface area (Å²) < 4.78 is 0. The van der Waals surface area contributed by atoms with E-state index in [1.54, 1.807) is 6.08 Å². The van der Waals surface area contributed by atoms with Gasteiger partial charge in [0.1, 0.15) is 0 Å². The zero-order valence-electron chi connectivity index (χ0n) is 14.4. The standard InChI is InChI=1S/C20H32O3/c1-2-3-4-5-6-7-8-9-10-11-12-13-14-16-19(21)17-15-18-20(22)23/h7-10,12-13,16,21H,2-6,11,14-15,17-18H2,1H3,(H,22,23)/b8-7+,10-9+,13-12+,19-16-. The molecule has 0 saturated carbocycles. The lowest BCUT2D eigenvalue weighted by molar-refractivity contribution is -0.137. The van der Waals surface area contributed by atoms with Crippen LogP contribution >= 0.6 is 0 Å². The number of aliphatic hydroxyl groups excluding tert-OH is 1. The number of carboxylic acids is 1. The smallest absolute Gasteiger partial charge is 0.303 e. The second-order valence-corrected chi connectivity index (χ2v) is 5.59. The molecule has 0 aromatic rings. The second-order valence-electron chi connectivity index (χ2n) is 5.59. The summed E-state index contributed by atoms with van der Waals surface area (Å²) in [4.78, 5) is 10.3. The van der Waals surface area contributed by atoms with Crippen LogP contribution in [-0.2, 0) is 4.79 Å². The van der Waals surface area contributed by atoms with E-state index in [1.165, 1.54) is 25.7 Å². The molecule has 0 aliphatic carbocycles. The Hall–Kier alpha value is -1.77. The fourth-order valence-electron chi connectivity index (χ4n) is 2.02. The van der Waals surface area contributed by atoms with Crippen molar-refractivity contribution in [1.82, 2.24) is 0 Å². The van der Waals surface area contributed by atoms with Crippen LogP contribution in [0.25, 0.3) is 0 Å². The first-order valence-electron chi connectivity index (χ1n) is 8.73. The summed E-state index contributed by atoms with van der Waals surface area (Å²) in [6, 6.07) is 0. The van der Waals surface area contributed by atoms with Crippen LogP contribution in [0.3, 0.4) is 0 Å². The summed E-state index contributed by atoms with van der Waals surface area (Å²) in [7, 11) is 0. The van der Waals surface area contributed by atoms with Crippen molar-refractivity contribution in [3.63, 3.8) is 0 Å². The van der Waals surface area contributed by atoms with Gasteiger partial charge in [0.05, 0.1) is 5.76 Å². The molecular weight excluding hydrogens is 288 g/mol. The predicted octanol–water partition coefficient (Wildman–Crippen LogP) is 6.10. The number of aliphatic carboxylic acids is 1. The molecule has 23 heavy (non-hydrogen) atoms.